The molecule has 0 radical (unpaired) electrons. The highest BCUT2D eigenvalue weighted by Gasteiger charge is 2.33. The van der Waals surface area contributed by atoms with Crippen molar-refractivity contribution in [3.8, 4) is 5.75 Å². The molecule has 0 fully saturated rings. The van der Waals surface area contributed by atoms with E-state index in [4.69, 9.17) is 4.74 Å². The second-order valence-electron chi connectivity index (χ2n) is 6.61. The molecule has 0 bridgehead atoms. The van der Waals surface area contributed by atoms with Gasteiger partial charge in [0.05, 0.1) is 23.9 Å². The molecule has 0 saturated heterocycles. The lowest BCUT2D eigenvalue weighted by Gasteiger charge is -2.23. The molecule has 0 spiro atoms. The first-order chi connectivity index (χ1) is 15.8. The average molecular weight is 468 g/mol. The predicted molar refractivity (Wildman–Crippen MR) is 123 cm³/mol. The van der Waals surface area contributed by atoms with E-state index in [1.54, 1.807) is 42.5 Å². The molecule has 3 aromatic carbocycles. The molecular formula is C22H20N4O6S. The molecular weight excluding hydrogens is 448 g/mol. The summed E-state index contributed by atoms with van der Waals surface area (Å²) in [5.74, 6) is -0.201. The van der Waals surface area contributed by atoms with Crippen molar-refractivity contribution in [1.82, 2.24) is 5.43 Å². The van der Waals surface area contributed by atoms with Crippen LogP contribution in [0.25, 0.3) is 0 Å². The number of carbonyl (C=O) groups excluding carboxylic acids is 1. The molecule has 3 rings (SSSR count). The number of benzene rings is 3. The van der Waals surface area contributed by atoms with Crippen LogP contribution in [-0.4, -0.2) is 39.1 Å². The minimum Gasteiger partial charge on any atom is -0.496 e. The zero-order valence-corrected chi connectivity index (χ0v) is 18.3. The summed E-state index contributed by atoms with van der Waals surface area (Å²) < 4.78 is 32.7. The second-order valence-corrected chi connectivity index (χ2v) is 8.44. The van der Waals surface area contributed by atoms with Crippen LogP contribution in [0.3, 0.4) is 0 Å². The number of anilines is 1. The van der Waals surface area contributed by atoms with Crippen LogP contribution in [0.1, 0.15) is 5.56 Å². The molecule has 11 heteroatoms. The first-order valence-corrected chi connectivity index (χ1v) is 11.0. The van der Waals surface area contributed by atoms with Crippen LogP contribution in [0.4, 0.5) is 11.4 Å². The van der Waals surface area contributed by atoms with Crippen molar-refractivity contribution < 1.29 is 22.9 Å². The molecule has 0 heterocycles. The number of para-hydroxylation sites is 3. The van der Waals surface area contributed by atoms with Crippen molar-refractivity contribution in [3.05, 3.63) is 94.5 Å². The van der Waals surface area contributed by atoms with Crippen molar-refractivity contribution >= 4 is 33.5 Å². The first kappa shape index (κ1) is 23.4. The monoisotopic (exact) mass is 468 g/mol. The molecule has 33 heavy (non-hydrogen) atoms. The quantitative estimate of drug-likeness (QED) is 0.292. The zero-order valence-electron chi connectivity index (χ0n) is 17.5. The Morgan fingerprint density at radius 3 is 2.39 bits per heavy atom. The van der Waals surface area contributed by atoms with Gasteiger partial charge in [0.1, 0.15) is 12.3 Å². The summed E-state index contributed by atoms with van der Waals surface area (Å²) in [7, 11) is -2.96. The third kappa shape index (κ3) is 5.52. The molecule has 1 N–H and O–H groups in total. The normalized spacial score (nSPS) is 11.2. The van der Waals surface area contributed by atoms with Gasteiger partial charge in [-0.1, -0.05) is 42.5 Å². The molecule has 0 atom stereocenters. The van der Waals surface area contributed by atoms with Gasteiger partial charge in [-0.3, -0.25) is 19.2 Å². The number of nitro groups is 1. The van der Waals surface area contributed by atoms with Crippen LogP contribution in [0.2, 0.25) is 0 Å². The lowest BCUT2D eigenvalue weighted by Crippen LogP contribution is -2.39. The van der Waals surface area contributed by atoms with Gasteiger partial charge >= 0.3 is 0 Å². The summed E-state index contributed by atoms with van der Waals surface area (Å²) in [4.78, 5) is 22.7. The number of nitrogens with one attached hydrogen (secondary N) is 1. The lowest BCUT2D eigenvalue weighted by atomic mass is 10.2. The minimum absolute atomic E-state index is 0.166. The van der Waals surface area contributed by atoms with Crippen LogP contribution >= 0.6 is 0 Å². The maximum atomic E-state index is 13.4. The van der Waals surface area contributed by atoms with E-state index in [1.165, 1.54) is 37.6 Å². The van der Waals surface area contributed by atoms with Crippen LogP contribution in [-0.2, 0) is 14.8 Å². The topological polar surface area (TPSA) is 131 Å². The van der Waals surface area contributed by atoms with Gasteiger partial charge in [0.25, 0.3) is 21.6 Å². The number of hydrazone groups is 1. The van der Waals surface area contributed by atoms with Gasteiger partial charge in [-0.2, -0.15) is 5.10 Å². The van der Waals surface area contributed by atoms with E-state index in [2.05, 4.69) is 10.5 Å². The van der Waals surface area contributed by atoms with E-state index in [1.807, 2.05) is 0 Å². The fourth-order valence-corrected chi connectivity index (χ4v) is 4.55. The molecule has 3 aromatic rings. The summed E-state index contributed by atoms with van der Waals surface area (Å²) in [5, 5.41) is 15.3. The Bertz CT molecular complexity index is 1280. The van der Waals surface area contributed by atoms with E-state index >= 15 is 0 Å². The third-order valence-corrected chi connectivity index (χ3v) is 6.31. The van der Waals surface area contributed by atoms with Crippen molar-refractivity contribution in [2.24, 2.45) is 5.10 Å². The summed E-state index contributed by atoms with van der Waals surface area (Å²) >= 11 is 0. The number of hydrogen-bond acceptors (Lipinski definition) is 7. The number of sulfonamides is 1. The van der Waals surface area contributed by atoms with Gasteiger partial charge in [0.15, 0.2) is 4.90 Å². The molecule has 10 nitrogen and oxygen atoms in total. The Hall–Kier alpha value is -4.25. The fourth-order valence-electron chi connectivity index (χ4n) is 2.97. The Kier molecular flexibility index (Phi) is 7.36. The van der Waals surface area contributed by atoms with Gasteiger partial charge in [-0.25, -0.2) is 13.8 Å². The number of methoxy groups -OCH3 is 1. The number of hydrogen-bond donors (Lipinski definition) is 1. The average Bonchev–Trinajstić information content (AvgIpc) is 2.83. The highest BCUT2D eigenvalue weighted by atomic mass is 32.2. The number of rotatable bonds is 9. The third-order valence-electron chi connectivity index (χ3n) is 4.49. The van der Waals surface area contributed by atoms with E-state index in [9.17, 15) is 23.3 Å². The summed E-state index contributed by atoms with van der Waals surface area (Å²) in [6.45, 7) is -0.651. The Labute approximate surface area is 190 Å². The number of ether oxygens (including phenoxy) is 1. The minimum atomic E-state index is -4.45. The predicted octanol–water partition coefficient (Wildman–Crippen LogP) is 2.95. The van der Waals surface area contributed by atoms with Gasteiger partial charge in [-0.15, -0.1) is 0 Å². The van der Waals surface area contributed by atoms with E-state index < -0.39 is 38.0 Å². The number of nitrogens with zero attached hydrogens (tertiary/aromatic N) is 3. The van der Waals surface area contributed by atoms with Crippen LogP contribution in [0, 0.1) is 10.1 Å². The molecule has 0 aliphatic carbocycles. The molecule has 0 aliphatic rings. The Morgan fingerprint density at radius 1 is 1.06 bits per heavy atom. The number of carbonyl (C=O) groups is 1. The SMILES string of the molecule is COc1ccccc1/C=N\NC(=O)CN(c1ccccc1)S(=O)(=O)c1ccccc1[N+](=O)[O-]. The standard InChI is InChI=1S/C22H20N4O6S/c1-32-20-13-7-5-9-17(20)15-23-24-22(27)16-25(18-10-3-2-4-11-18)33(30,31)21-14-8-6-12-19(21)26(28)29/h2-15H,16H2,1H3,(H,24,27)/b23-15-. The maximum absolute atomic E-state index is 13.4. The van der Waals surface area contributed by atoms with Crippen molar-refractivity contribution in [2.45, 2.75) is 4.90 Å². The largest absolute Gasteiger partial charge is 0.496 e. The molecule has 0 saturated carbocycles. The Balaban J connectivity index is 1.89. The highest BCUT2D eigenvalue weighted by Crippen LogP contribution is 2.29. The van der Waals surface area contributed by atoms with Gasteiger partial charge < -0.3 is 4.74 Å². The smallest absolute Gasteiger partial charge is 0.289 e. The van der Waals surface area contributed by atoms with Gasteiger partial charge in [0, 0.05) is 11.6 Å². The van der Waals surface area contributed by atoms with Gasteiger partial charge in [0.2, 0.25) is 0 Å². The number of amides is 1. The van der Waals surface area contributed by atoms with E-state index in [-0.39, 0.29) is 5.69 Å². The molecule has 170 valence electrons. The summed E-state index contributed by atoms with van der Waals surface area (Å²) in [5.41, 5.74) is 2.46. The zero-order chi connectivity index (χ0) is 23.8. The van der Waals surface area contributed by atoms with Crippen LogP contribution < -0.4 is 14.5 Å². The highest BCUT2D eigenvalue weighted by molar-refractivity contribution is 7.93. The molecule has 0 aromatic heterocycles. The molecule has 1 amide bonds. The summed E-state index contributed by atoms with van der Waals surface area (Å²) in [6, 6.07) is 19.8. The van der Waals surface area contributed by atoms with E-state index in [0.717, 1.165) is 16.4 Å². The Morgan fingerprint density at radius 2 is 1.70 bits per heavy atom. The van der Waals surface area contributed by atoms with E-state index in [0.29, 0.717) is 11.3 Å². The first-order valence-electron chi connectivity index (χ1n) is 9.60. The van der Waals surface area contributed by atoms with Crippen molar-refractivity contribution in [2.75, 3.05) is 18.0 Å². The number of nitro benzene ring substituents is 1. The fraction of sp³-hybridized carbons (Fsp3) is 0.0909. The van der Waals surface area contributed by atoms with Crippen molar-refractivity contribution in [3.63, 3.8) is 0 Å². The van der Waals surface area contributed by atoms with Crippen LogP contribution in [0.15, 0.2) is 88.9 Å². The summed E-state index contributed by atoms with van der Waals surface area (Å²) in [6.07, 6.45) is 1.36. The van der Waals surface area contributed by atoms with Gasteiger partial charge in [-0.05, 0) is 30.3 Å². The van der Waals surface area contributed by atoms with Crippen LogP contribution in [0.5, 0.6) is 5.75 Å². The lowest BCUT2D eigenvalue weighted by molar-refractivity contribution is -0.387. The maximum Gasteiger partial charge on any atom is 0.289 e. The second kappa shape index (κ2) is 10.4. The molecule has 0 unspecified atom stereocenters. The van der Waals surface area contributed by atoms with Crippen molar-refractivity contribution in [1.29, 1.82) is 0 Å². The molecule has 0 aliphatic heterocycles.